The van der Waals surface area contributed by atoms with E-state index in [1.807, 2.05) is 0 Å². The van der Waals surface area contributed by atoms with Crippen molar-refractivity contribution in [2.24, 2.45) is 0 Å². The molecule has 0 amide bonds. The smallest absolute Gasteiger partial charge is 0.332 e. The molecule has 32 heavy (non-hydrogen) atoms. The van der Waals surface area contributed by atoms with Crippen molar-refractivity contribution >= 4 is 23.0 Å². The van der Waals surface area contributed by atoms with E-state index in [0.29, 0.717) is 13.2 Å². The number of halogens is 1. The number of ether oxygens (including phenoxy) is 5. The number of terminal acetylenes is 1. The van der Waals surface area contributed by atoms with Gasteiger partial charge < -0.3 is 39.1 Å². The lowest BCUT2D eigenvalue weighted by atomic mass is 9.98. The van der Waals surface area contributed by atoms with Crippen molar-refractivity contribution < 1.29 is 38.0 Å². The molecule has 0 aromatic carbocycles. The normalized spacial score (nSPS) is 14.1. The highest BCUT2D eigenvalue weighted by Gasteiger charge is 2.38. The summed E-state index contributed by atoms with van der Waals surface area (Å²) in [6.07, 6.45) is 4.44. The minimum atomic E-state index is -1.69. The van der Waals surface area contributed by atoms with Gasteiger partial charge in [0.15, 0.2) is 17.1 Å². The molecular weight excluding hydrogens is 429 g/mol. The monoisotopic (exact) mass is 455 g/mol. The summed E-state index contributed by atoms with van der Waals surface area (Å²) in [5, 5.41) is 10.7. The van der Waals surface area contributed by atoms with Crippen molar-refractivity contribution in [1.29, 1.82) is 0 Å². The van der Waals surface area contributed by atoms with E-state index < -0.39 is 30.4 Å². The second-order valence-corrected chi connectivity index (χ2v) is 6.52. The number of nitrogens with two attached hydrogens (primary N) is 1. The average molecular weight is 455 g/mol. The number of carbonyl (C=O) groups is 1. The second-order valence-electron chi connectivity index (χ2n) is 6.52. The third-order valence-electron chi connectivity index (χ3n) is 4.45. The Hall–Kier alpha value is -2.89. The van der Waals surface area contributed by atoms with E-state index in [2.05, 4.69) is 20.9 Å². The van der Waals surface area contributed by atoms with Gasteiger partial charge in [-0.05, 0) is 0 Å². The number of hydrogen-bond acceptors (Lipinski definition) is 11. The van der Waals surface area contributed by atoms with Crippen LogP contribution in [0.5, 0.6) is 0 Å². The molecule has 2 aromatic rings. The summed E-state index contributed by atoms with van der Waals surface area (Å²) in [5.41, 5.74) is 4.17. The minimum absolute atomic E-state index is 0.0641. The molecule has 0 fully saturated rings. The zero-order valence-corrected chi connectivity index (χ0v) is 17.8. The molecule has 0 bridgehead atoms. The fourth-order valence-corrected chi connectivity index (χ4v) is 2.64. The molecule has 0 saturated carbocycles. The fraction of sp³-hybridized carbons (Fsp3) is 0.579. The number of fused-ring (bicyclic) bond motifs is 1. The van der Waals surface area contributed by atoms with Crippen molar-refractivity contribution in [2.45, 2.75) is 18.2 Å². The number of imidazole rings is 1. The van der Waals surface area contributed by atoms with E-state index >= 15 is 0 Å². The average Bonchev–Trinajstić information content (AvgIpc) is 3.17. The highest BCUT2D eigenvalue weighted by atomic mass is 19.1. The number of carbonyl (C=O) groups excluding carboxylic acids is 1. The van der Waals surface area contributed by atoms with Crippen LogP contribution in [0.2, 0.25) is 0 Å². The van der Waals surface area contributed by atoms with Crippen LogP contribution in [0.3, 0.4) is 0 Å². The Labute approximate surface area is 183 Å². The van der Waals surface area contributed by atoms with Gasteiger partial charge in [-0.2, -0.15) is 14.4 Å². The summed E-state index contributed by atoms with van der Waals surface area (Å²) >= 11 is 0. The van der Waals surface area contributed by atoms with Crippen LogP contribution in [0, 0.1) is 18.4 Å². The molecule has 0 aliphatic carbocycles. The predicted octanol–water partition coefficient (Wildman–Crippen LogP) is -0.850. The first-order valence-electron chi connectivity index (χ1n) is 9.51. The maximum Gasteiger partial charge on any atom is 0.332 e. The zero-order chi connectivity index (χ0) is 23.6. The molecule has 13 heteroatoms. The quantitative estimate of drug-likeness (QED) is 0.158. The van der Waals surface area contributed by atoms with Crippen molar-refractivity contribution in [2.75, 3.05) is 59.6 Å². The highest BCUT2D eigenvalue weighted by molar-refractivity contribution is 5.81. The zero-order valence-electron chi connectivity index (χ0n) is 17.8. The van der Waals surface area contributed by atoms with Gasteiger partial charge in [-0.1, -0.05) is 5.92 Å². The van der Waals surface area contributed by atoms with Crippen LogP contribution < -0.4 is 5.73 Å². The SMILES string of the molecule is C#CC(COC(=O)COCCOCCOC)(OC)C(O)Cn1cnc2c(N)nc(F)nc21. The number of hydrogen-bond donors (Lipinski definition) is 2. The van der Waals surface area contributed by atoms with Gasteiger partial charge in [-0.25, -0.2) is 9.78 Å². The Kier molecular flexibility index (Phi) is 9.69. The molecule has 2 unspecified atom stereocenters. The molecule has 0 aliphatic heterocycles. The van der Waals surface area contributed by atoms with Gasteiger partial charge in [0.05, 0.1) is 39.3 Å². The number of aliphatic hydroxyl groups excluding tert-OH is 1. The lowest BCUT2D eigenvalue weighted by Crippen LogP contribution is -2.49. The van der Waals surface area contributed by atoms with Crippen molar-refractivity contribution in [3.05, 3.63) is 12.4 Å². The Morgan fingerprint density at radius 3 is 2.72 bits per heavy atom. The van der Waals surface area contributed by atoms with E-state index in [1.165, 1.54) is 18.0 Å². The van der Waals surface area contributed by atoms with Gasteiger partial charge in [0.1, 0.15) is 24.8 Å². The largest absolute Gasteiger partial charge is 0.460 e. The van der Waals surface area contributed by atoms with Crippen LogP contribution >= 0.6 is 0 Å². The summed E-state index contributed by atoms with van der Waals surface area (Å²) in [6.45, 7) is 0.354. The van der Waals surface area contributed by atoms with E-state index in [0.717, 1.165) is 0 Å². The van der Waals surface area contributed by atoms with E-state index in [9.17, 15) is 14.3 Å². The lowest BCUT2D eigenvalue weighted by Gasteiger charge is -2.31. The summed E-state index contributed by atoms with van der Waals surface area (Å²) in [4.78, 5) is 23.0. The van der Waals surface area contributed by atoms with Gasteiger partial charge in [-0.15, -0.1) is 6.42 Å². The molecule has 2 heterocycles. The van der Waals surface area contributed by atoms with Crippen molar-refractivity contribution in [3.8, 4) is 12.3 Å². The lowest BCUT2D eigenvalue weighted by molar-refractivity contribution is -0.162. The molecule has 2 aromatic heterocycles. The molecule has 2 rings (SSSR count). The fourth-order valence-electron chi connectivity index (χ4n) is 2.64. The number of aromatic nitrogens is 4. The molecular formula is C19H26FN5O7. The Morgan fingerprint density at radius 2 is 2.03 bits per heavy atom. The summed E-state index contributed by atoms with van der Waals surface area (Å²) < 4.78 is 40.5. The molecule has 12 nitrogen and oxygen atoms in total. The summed E-state index contributed by atoms with van der Waals surface area (Å²) in [7, 11) is 2.82. The molecule has 3 N–H and O–H groups in total. The van der Waals surface area contributed by atoms with Gasteiger partial charge >= 0.3 is 12.0 Å². The molecule has 2 atom stereocenters. The van der Waals surface area contributed by atoms with Gasteiger partial charge in [0.2, 0.25) is 0 Å². The van der Waals surface area contributed by atoms with Crippen LogP contribution in [0.25, 0.3) is 11.2 Å². The molecule has 0 aliphatic rings. The number of rotatable bonds is 14. The van der Waals surface area contributed by atoms with E-state index in [4.69, 9.17) is 35.8 Å². The summed E-state index contributed by atoms with van der Waals surface area (Å²) in [5.74, 6) is 1.46. The Morgan fingerprint density at radius 1 is 1.31 bits per heavy atom. The standard InChI is InChI=1S/C19H26FN5O7/c1-4-19(29-3,11-32-14(27)10-31-8-7-30-6-5-28-2)13(26)9-25-12-22-15-16(21)23-18(20)24-17(15)25/h1,12-13,26H,5-11H2,2-3H3,(H2,21,23,24). The third-order valence-corrected chi connectivity index (χ3v) is 4.45. The first-order chi connectivity index (χ1) is 15.4. The van der Waals surface area contributed by atoms with Crippen molar-refractivity contribution in [1.82, 2.24) is 19.5 Å². The number of anilines is 1. The van der Waals surface area contributed by atoms with Crippen LogP contribution in [-0.2, 0) is 35.0 Å². The van der Waals surface area contributed by atoms with Gasteiger partial charge in [-0.3, -0.25) is 0 Å². The highest BCUT2D eigenvalue weighted by Crippen LogP contribution is 2.21. The maximum absolute atomic E-state index is 13.5. The first kappa shape index (κ1) is 25.4. The maximum atomic E-state index is 13.5. The van der Waals surface area contributed by atoms with Crippen LogP contribution in [0.4, 0.5) is 10.2 Å². The molecule has 0 saturated heterocycles. The Bertz CT molecular complexity index is 935. The van der Waals surface area contributed by atoms with E-state index in [1.54, 1.807) is 7.11 Å². The number of esters is 1. The van der Waals surface area contributed by atoms with Crippen LogP contribution in [0.15, 0.2) is 6.33 Å². The predicted molar refractivity (Wildman–Crippen MR) is 109 cm³/mol. The number of nitrogens with zero attached hydrogens (tertiary/aromatic N) is 4. The topological polar surface area (TPSA) is 153 Å². The van der Waals surface area contributed by atoms with Crippen LogP contribution in [0.1, 0.15) is 0 Å². The van der Waals surface area contributed by atoms with Gasteiger partial charge in [0.25, 0.3) is 0 Å². The Balaban J connectivity index is 1.92. The number of nitrogen functional groups attached to an aromatic ring is 1. The molecule has 0 spiro atoms. The number of methoxy groups -OCH3 is 2. The van der Waals surface area contributed by atoms with Crippen molar-refractivity contribution in [3.63, 3.8) is 0 Å². The van der Waals surface area contributed by atoms with E-state index in [-0.39, 0.29) is 43.3 Å². The first-order valence-corrected chi connectivity index (χ1v) is 9.51. The minimum Gasteiger partial charge on any atom is -0.460 e. The molecule has 0 radical (unpaired) electrons. The van der Waals surface area contributed by atoms with Crippen LogP contribution in [-0.4, -0.2) is 96.2 Å². The summed E-state index contributed by atoms with van der Waals surface area (Å²) in [6, 6.07) is 0. The number of aliphatic hydroxyl groups is 1. The van der Waals surface area contributed by atoms with Gasteiger partial charge in [0, 0.05) is 14.2 Å². The molecule has 176 valence electrons. The second kappa shape index (κ2) is 12.2. The third kappa shape index (κ3) is 6.55.